The highest BCUT2D eigenvalue weighted by atomic mass is 16.6. The van der Waals surface area contributed by atoms with Crippen molar-refractivity contribution < 1.29 is 14.6 Å². The molecule has 98 valence electrons. The Morgan fingerprint density at radius 1 is 1.61 bits per heavy atom. The molecule has 0 spiro atoms. The van der Waals surface area contributed by atoms with Crippen LogP contribution in [0, 0.1) is 5.41 Å². The predicted octanol–water partition coefficient (Wildman–Crippen LogP) is 1.79. The molecule has 1 aliphatic heterocycles. The Bertz CT molecular complexity index is 401. The summed E-state index contributed by atoms with van der Waals surface area (Å²) >= 11 is 0. The van der Waals surface area contributed by atoms with Gasteiger partial charge in [0.15, 0.2) is 6.29 Å². The first-order valence-corrected chi connectivity index (χ1v) is 5.90. The second-order valence-electron chi connectivity index (χ2n) is 4.04. The third kappa shape index (κ3) is 5.16. The molecule has 1 saturated heterocycles. The number of carbonyl (C=O) groups is 1. The molecule has 1 aromatic rings. The number of nitrogens with one attached hydrogen (secondary N) is 1. The van der Waals surface area contributed by atoms with E-state index in [0.717, 1.165) is 32.2 Å². The number of aldehydes is 1. The Kier molecular flexibility index (Phi) is 6.18. The van der Waals surface area contributed by atoms with Gasteiger partial charge in [0.2, 0.25) is 0 Å². The Balaban J connectivity index is 0.000000199. The Hall–Kier alpha value is -1.59. The third-order valence-corrected chi connectivity index (χ3v) is 2.46. The molecule has 0 amide bonds. The summed E-state index contributed by atoms with van der Waals surface area (Å²) in [4.78, 5) is 14.2. The highest BCUT2D eigenvalue weighted by molar-refractivity contribution is 5.95. The topological polar surface area (TPSA) is 83.3 Å². The minimum absolute atomic E-state index is 0.369. The van der Waals surface area contributed by atoms with E-state index in [9.17, 15) is 4.79 Å². The lowest BCUT2D eigenvalue weighted by Crippen LogP contribution is -2.17. The summed E-state index contributed by atoms with van der Waals surface area (Å²) < 4.78 is 4.83. The van der Waals surface area contributed by atoms with Crippen LogP contribution >= 0.6 is 0 Å². The average molecular weight is 250 g/mol. The monoisotopic (exact) mass is 250 g/mol. The van der Waals surface area contributed by atoms with E-state index in [2.05, 4.69) is 4.98 Å². The van der Waals surface area contributed by atoms with E-state index in [1.54, 1.807) is 19.1 Å². The molecule has 0 radical (unpaired) electrons. The molecule has 2 rings (SSSR count). The quantitative estimate of drug-likeness (QED) is 0.619. The van der Waals surface area contributed by atoms with Gasteiger partial charge in [-0.15, -0.1) is 0 Å². The van der Waals surface area contributed by atoms with E-state index in [-0.39, 0.29) is 0 Å². The minimum atomic E-state index is -0.464. The summed E-state index contributed by atoms with van der Waals surface area (Å²) in [5.41, 5.74) is 1.48. The normalized spacial score (nSPS) is 18.4. The largest absolute Gasteiger partial charge is 0.368 e. The summed E-state index contributed by atoms with van der Waals surface area (Å²) in [6, 6.07) is 3.20. The molecule has 1 aromatic heterocycles. The molecule has 0 saturated carbocycles. The first-order chi connectivity index (χ1) is 8.63. The average Bonchev–Trinajstić information content (AvgIpc) is 2.40. The van der Waals surface area contributed by atoms with Crippen LogP contribution in [-0.2, 0) is 4.74 Å². The van der Waals surface area contributed by atoms with Crippen LogP contribution in [0.25, 0.3) is 0 Å². The van der Waals surface area contributed by atoms with Crippen molar-refractivity contribution in [3.8, 4) is 0 Å². The zero-order valence-electron chi connectivity index (χ0n) is 10.4. The smallest absolute Gasteiger partial charge is 0.154 e. The lowest BCUT2D eigenvalue weighted by molar-refractivity contribution is -0.123. The van der Waals surface area contributed by atoms with Crippen molar-refractivity contribution in [2.24, 2.45) is 0 Å². The highest BCUT2D eigenvalue weighted by Crippen LogP contribution is 2.08. The summed E-state index contributed by atoms with van der Waals surface area (Å²) in [5, 5.41) is 15.9. The lowest BCUT2D eigenvalue weighted by Gasteiger charge is -2.16. The van der Waals surface area contributed by atoms with Crippen LogP contribution in [0.2, 0.25) is 0 Å². The van der Waals surface area contributed by atoms with Gasteiger partial charge in [0.25, 0.3) is 0 Å². The van der Waals surface area contributed by atoms with Gasteiger partial charge in [-0.05, 0) is 38.3 Å². The number of pyridine rings is 1. The van der Waals surface area contributed by atoms with Gasteiger partial charge >= 0.3 is 0 Å². The molecule has 5 heteroatoms. The molecular weight excluding hydrogens is 232 g/mol. The van der Waals surface area contributed by atoms with Crippen molar-refractivity contribution in [2.45, 2.75) is 32.5 Å². The molecule has 1 fully saturated rings. The summed E-state index contributed by atoms with van der Waals surface area (Å²) in [7, 11) is 0. The van der Waals surface area contributed by atoms with Crippen molar-refractivity contribution >= 4 is 12.0 Å². The highest BCUT2D eigenvalue weighted by Gasteiger charge is 2.07. The summed E-state index contributed by atoms with van der Waals surface area (Å²) in [6.07, 6.45) is 4.84. The van der Waals surface area contributed by atoms with Gasteiger partial charge in [0.1, 0.15) is 6.29 Å². The Labute approximate surface area is 106 Å². The van der Waals surface area contributed by atoms with E-state index in [4.69, 9.17) is 15.3 Å². The van der Waals surface area contributed by atoms with E-state index in [0.29, 0.717) is 17.0 Å². The molecule has 0 aliphatic carbocycles. The van der Waals surface area contributed by atoms with E-state index >= 15 is 0 Å². The predicted molar refractivity (Wildman–Crippen MR) is 67.9 cm³/mol. The van der Waals surface area contributed by atoms with E-state index < -0.39 is 6.29 Å². The second-order valence-corrected chi connectivity index (χ2v) is 4.04. The fourth-order valence-corrected chi connectivity index (χ4v) is 1.45. The maximum Gasteiger partial charge on any atom is 0.154 e. The van der Waals surface area contributed by atoms with Crippen molar-refractivity contribution in [3.05, 3.63) is 29.6 Å². The molecule has 5 nitrogen and oxygen atoms in total. The molecule has 18 heavy (non-hydrogen) atoms. The van der Waals surface area contributed by atoms with Crippen LogP contribution in [-0.4, -0.2) is 35.0 Å². The van der Waals surface area contributed by atoms with Crippen LogP contribution in [0.5, 0.6) is 0 Å². The zero-order valence-corrected chi connectivity index (χ0v) is 10.4. The number of nitrogens with zero attached hydrogens (tertiary/aromatic N) is 1. The summed E-state index contributed by atoms with van der Waals surface area (Å²) in [6.45, 7) is 2.37. The number of carbonyl (C=O) groups excluding carboxylic acids is 1. The number of hydrogen-bond acceptors (Lipinski definition) is 5. The molecular formula is C13H18N2O3. The van der Waals surface area contributed by atoms with Crippen molar-refractivity contribution in [1.82, 2.24) is 4.98 Å². The van der Waals surface area contributed by atoms with Gasteiger partial charge < -0.3 is 15.3 Å². The van der Waals surface area contributed by atoms with Crippen molar-refractivity contribution in [1.29, 1.82) is 5.41 Å². The molecule has 1 atom stereocenters. The number of aromatic nitrogens is 1. The van der Waals surface area contributed by atoms with Gasteiger partial charge in [-0.25, -0.2) is 0 Å². The first kappa shape index (κ1) is 14.5. The van der Waals surface area contributed by atoms with Crippen LogP contribution < -0.4 is 0 Å². The van der Waals surface area contributed by atoms with Crippen LogP contribution in [0.1, 0.15) is 42.2 Å². The number of aliphatic hydroxyl groups excluding tert-OH is 1. The van der Waals surface area contributed by atoms with Gasteiger partial charge in [0.05, 0.1) is 11.4 Å². The SMILES string of the molecule is CC(=N)c1cc(C=O)ccn1.OC1CCCCO1. The van der Waals surface area contributed by atoms with E-state index in [1.165, 1.54) is 6.20 Å². The Morgan fingerprint density at radius 3 is 2.83 bits per heavy atom. The zero-order chi connectivity index (χ0) is 13.4. The molecule has 0 bridgehead atoms. The molecule has 1 unspecified atom stereocenters. The van der Waals surface area contributed by atoms with Crippen molar-refractivity contribution in [2.75, 3.05) is 6.61 Å². The van der Waals surface area contributed by atoms with Crippen molar-refractivity contribution in [3.63, 3.8) is 0 Å². The van der Waals surface area contributed by atoms with Gasteiger partial charge in [-0.3, -0.25) is 9.78 Å². The van der Waals surface area contributed by atoms with Crippen LogP contribution in [0.15, 0.2) is 18.3 Å². The molecule has 1 aliphatic rings. The van der Waals surface area contributed by atoms with E-state index in [1.807, 2.05) is 0 Å². The van der Waals surface area contributed by atoms with Crippen LogP contribution in [0.4, 0.5) is 0 Å². The van der Waals surface area contributed by atoms with Gasteiger partial charge in [-0.1, -0.05) is 0 Å². The summed E-state index contributed by atoms with van der Waals surface area (Å²) in [5.74, 6) is 0. The fourth-order valence-electron chi connectivity index (χ4n) is 1.45. The maximum atomic E-state index is 10.3. The molecule has 0 aromatic carbocycles. The molecule has 2 heterocycles. The molecule has 2 N–H and O–H groups in total. The Morgan fingerprint density at radius 2 is 2.39 bits per heavy atom. The van der Waals surface area contributed by atoms with Gasteiger partial charge in [-0.2, -0.15) is 0 Å². The standard InChI is InChI=1S/C8H8N2O.C5H10O2/c1-6(9)8-4-7(5-11)2-3-10-8;6-5-3-1-2-4-7-5/h2-5,9H,1H3;5-6H,1-4H2. The van der Waals surface area contributed by atoms with Gasteiger partial charge in [0, 0.05) is 18.4 Å². The number of ether oxygens (including phenoxy) is 1. The maximum absolute atomic E-state index is 10.3. The number of aliphatic hydroxyl groups is 1. The number of hydrogen-bond donors (Lipinski definition) is 2. The lowest BCUT2D eigenvalue weighted by atomic mass is 10.2. The fraction of sp³-hybridized carbons (Fsp3) is 0.462. The number of rotatable bonds is 2. The second kappa shape index (κ2) is 7.68. The first-order valence-electron chi connectivity index (χ1n) is 5.90. The minimum Gasteiger partial charge on any atom is -0.368 e. The third-order valence-electron chi connectivity index (χ3n) is 2.46. The van der Waals surface area contributed by atoms with Crippen LogP contribution in [0.3, 0.4) is 0 Å².